The number of nitrogens with one attached hydrogen (secondary N) is 1. The highest BCUT2D eigenvalue weighted by Gasteiger charge is 2.23. The average molecular weight is 227 g/mol. The molecule has 1 aliphatic heterocycles. The van der Waals surface area contributed by atoms with Gasteiger partial charge < -0.3 is 16.0 Å². The number of nitrogens with zero attached hydrogens (tertiary/aromatic N) is 1. The number of carbonyl (C=O) groups is 2. The highest BCUT2D eigenvalue weighted by atomic mass is 16.2. The molecule has 16 heavy (non-hydrogen) atoms. The highest BCUT2D eigenvalue weighted by Crippen LogP contribution is 2.10. The van der Waals surface area contributed by atoms with Crippen LogP contribution in [0.2, 0.25) is 0 Å². The number of carbonyl (C=O) groups excluding carboxylic acids is 2. The van der Waals surface area contributed by atoms with Crippen molar-refractivity contribution in [3.63, 3.8) is 0 Å². The molecule has 0 aromatic rings. The summed E-state index contributed by atoms with van der Waals surface area (Å²) in [7, 11) is 0. The Morgan fingerprint density at radius 2 is 2.31 bits per heavy atom. The van der Waals surface area contributed by atoms with Crippen molar-refractivity contribution in [2.24, 2.45) is 5.73 Å². The summed E-state index contributed by atoms with van der Waals surface area (Å²) in [6.07, 6.45) is 1.62. The van der Waals surface area contributed by atoms with Crippen LogP contribution in [0.4, 0.5) is 0 Å². The lowest BCUT2D eigenvalue weighted by Crippen LogP contribution is -2.47. The second-order valence-corrected chi connectivity index (χ2v) is 4.61. The van der Waals surface area contributed by atoms with Crippen LogP contribution in [0.3, 0.4) is 0 Å². The number of likely N-dealkylation sites (tertiary alicyclic amines) is 1. The minimum absolute atomic E-state index is 0.0121. The zero-order chi connectivity index (χ0) is 12.1. The molecule has 1 rings (SSSR count). The zero-order valence-electron chi connectivity index (χ0n) is 10.0. The Labute approximate surface area is 96.4 Å². The van der Waals surface area contributed by atoms with E-state index >= 15 is 0 Å². The monoisotopic (exact) mass is 227 g/mol. The molecule has 0 radical (unpaired) electrons. The van der Waals surface area contributed by atoms with E-state index in [0.29, 0.717) is 25.9 Å². The summed E-state index contributed by atoms with van der Waals surface area (Å²) in [5, 5.41) is 2.80. The Balaban J connectivity index is 2.30. The van der Waals surface area contributed by atoms with Crippen LogP contribution in [0.5, 0.6) is 0 Å². The normalized spacial score (nSPS) is 21.4. The van der Waals surface area contributed by atoms with E-state index in [1.807, 2.05) is 13.8 Å². The van der Waals surface area contributed by atoms with Gasteiger partial charge in [-0.1, -0.05) is 0 Å². The van der Waals surface area contributed by atoms with Gasteiger partial charge in [0.15, 0.2) is 0 Å². The van der Waals surface area contributed by atoms with E-state index in [0.717, 1.165) is 6.42 Å². The van der Waals surface area contributed by atoms with E-state index < -0.39 is 0 Å². The van der Waals surface area contributed by atoms with Crippen molar-refractivity contribution < 1.29 is 9.59 Å². The minimum atomic E-state index is -0.0121. The Kier molecular flexibility index (Phi) is 4.73. The molecule has 1 aliphatic rings. The Morgan fingerprint density at radius 3 is 2.94 bits per heavy atom. The van der Waals surface area contributed by atoms with Gasteiger partial charge >= 0.3 is 0 Å². The van der Waals surface area contributed by atoms with Crippen molar-refractivity contribution in [2.45, 2.75) is 45.2 Å². The van der Waals surface area contributed by atoms with Gasteiger partial charge in [0.25, 0.3) is 0 Å². The third-order valence-corrected chi connectivity index (χ3v) is 2.60. The number of amides is 2. The van der Waals surface area contributed by atoms with Crippen LogP contribution in [0.25, 0.3) is 0 Å². The molecule has 1 atom stereocenters. The van der Waals surface area contributed by atoms with E-state index in [9.17, 15) is 9.59 Å². The summed E-state index contributed by atoms with van der Waals surface area (Å²) >= 11 is 0. The van der Waals surface area contributed by atoms with Crippen molar-refractivity contribution in [3.8, 4) is 0 Å². The maximum absolute atomic E-state index is 11.5. The van der Waals surface area contributed by atoms with Gasteiger partial charge in [-0.15, -0.1) is 0 Å². The van der Waals surface area contributed by atoms with Gasteiger partial charge in [-0.25, -0.2) is 0 Å². The molecule has 5 heteroatoms. The predicted octanol–water partition coefficient (Wildman–Crippen LogP) is -0.149. The summed E-state index contributed by atoms with van der Waals surface area (Å²) in [6, 6.07) is 0.206. The molecule has 2 amide bonds. The predicted molar refractivity (Wildman–Crippen MR) is 61.7 cm³/mol. The third-order valence-electron chi connectivity index (χ3n) is 2.60. The number of nitrogens with two attached hydrogens (primary N) is 1. The van der Waals surface area contributed by atoms with Crippen molar-refractivity contribution in [2.75, 3.05) is 13.1 Å². The van der Waals surface area contributed by atoms with Gasteiger partial charge in [-0.3, -0.25) is 9.59 Å². The number of hydrogen-bond donors (Lipinski definition) is 2. The molecule has 1 heterocycles. The maximum atomic E-state index is 11.5. The SMILES string of the molecule is CC(C)NC(=O)CCN1CC(N)CCC1=O. The van der Waals surface area contributed by atoms with Gasteiger partial charge in [0.1, 0.15) is 0 Å². The highest BCUT2D eigenvalue weighted by molar-refractivity contribution is 5.79. The summed E-state index contributed by atoms with van der Waals surface area (Å²) in [5.74, 6) is 0.0981. The lowest BCUT2D eigenvalue weighted by Gasteiger charge is -2.30. The molecule has 1 fully saturated rings. The smallest absolute Gasteiger partial charge is 0.222 e. The van der Waals surface area contributed by atoms with Crippen LogP contribution < -0.4 is 11.1 Å². The molecule has 0 spiro atoms. The molecule has 0 bridgehead atoms. The van der Waals surface area contributed by atoms with Crippen LogP contribution in [-0.2, 0) is 9.59 Å². The lowest BCUT2D eigenvalue weighted by molar-refractivity contribution is -0.134. The van der Waals surface area contributed by atoms with E-state index in [2.05, 4.69) is 5.32 Å². The van der Waals surface area contributed by atoms with Crippen LogP contribution >= 0.6 is 0 Å². The number of rotatable bonds is 4. The van der Waals surface area contributed by atoms with Crippen molar-refractivity contribution in [3.05, 3.63) is 0 Å². The lowest BCUT2D eigenvalue weighted by atomic mass is 10.1. The molecule has 1 unspecified atom stereocenters. The van der Waals surface area contributed by atoms with Gasteiger partial charge in [-0.05, 0) is 20.3 Å². The van der Waals surface area contributed by atoms with Gasteiger partial charge in [-0.2, -0.15) is 0 Å². The molecule has 0 aromatic heterocycles. The summed E-state index contributed by atoms with van der Waals surface area (Å²) in [5.41, 5.74) is 5.78. The summed E-state index contributed by atoms with van der Waals surface area (Å²) in [6.45, 7) is 4.89. The quantitative estimate of drug-likeness (QED) is 0.701. The first-order chi connectivity index (χ1) is 7.49. The summed E-state index contributed by atoms with van der Waals surface area (Å²) < 4.78 is 0. The second kappa shape index (κ2) is 5.84. The molecule has 0 aromatic carbocycles. The second-order valence-electron chi connectivity index (χ2n) is 4.61. The van der Waals surface area contributed by atoms with Crippen molar-refractivity contribution >= 4 is 11.8 Å². The van der Waals surface area contributed by atoms with E-state index in [1.165, 1.54) is 0 Å². The standard InChI is InChI=1S/C11H21N3O2/c1-8(2)13-10(15)5-6-14-7-9(12)3-4-11(14)16/h8-9H,3-7,12H2,1-2H3,(H,13,15). The van der Waals surface area contributed by atoms with Crippen LogP contribution in [-0.4, -0.2) is 41.9 Å². The molecule has 92 valence electrons. The Morgan fingerprint density at radius 1 is 1.62 bits per heavy atom. The molecule has 0 saturated carbocycles. The Hall–Kier alpha value is -1.10. The fourth-order valence-electron chi connectivity index (χ4n) is 1.79. The fourth-order valence-corrected chi connectivity index (χ4v) is 1.79. The van der Waals surface area contributed by atoms with Crippen LogP contribution in [0.1, 0.15) is 33.1 Å². The van der Waals surface area contributed by atoms with Gasteiger partial charge in [0.05, 0.1) is 0 Å². The van der Waals surface area contributed by atoms with E-state index in [4.69, 9.17) is 5.73 Å². The minimum Gasteiger partial charge on any atom is -0.354 e. The van der Waals surface area contributed by atoms with Crippen molar-refractivity contribution in [1.29, 1.82) is 0 Å². The first kappa shape index (κ1) is 13.0. The van der Waals surface area contributed by atoms with Crippen molar-refractivity contribution in [1.82, 2.24) is 10.2 Å². The topological polar surface area (TPSA) is 75.4 Å². The van der Waals surface area contributed by atoms with E-state index in [-0.39, 0.29) is 23.9 Å². The average Bonchev–Trinajstić information content (AvgIpc) is 2.18. The zero-order valence-corrected chi connectivity index (χ0v) is 10.0. The molecular formula is C11H21N3O2. The van der Waals surface area contributed by atoms with Crippen LogP contribution in [0, 0.1) is 0 Å². The van der Waals surface area contributed by atoms with Crippen LogP contribution in [0.15, 0.2) is 0 Å². The first-order valence-corrected chi connectivity index (χ1v) is 5.81. The van der Waals surface area contributed by atoms with Gasteiger partial charge in [0, 0.05) is 38.0 Å². The van der Waals surface area contributed by atoms with E-state index in [1.54, 1.807) is 4.90 Å². The molecule has 5 nitrogen and oxygen atoms in total. The molecule has 3 N–H and O–H groups in total. The molecule has 0 aliphatic carbocycles. The third kappa shape index (κ3) is 4.18. The van der Waals surface area contributed by atoms with Gasteiger partial charge in [0.2, 0.25) is 11.8 Å². The maximum Gasteiger partial charge on any atom is 0.222 e. The molecule has 1 saturated heterocycles. The fraction of sp³-hybridized carbons (Fsp3) is 0.818. The number of piperidine rings is 1. The summed E-state index contributed by atoms with van der Waals surface area (Å²) in [4.78, 5) is 24.6. The molecular weight excluding hydrogens is 206 g/mol. The largest absolute Gasteiger partial charge is 0.354 e. The first-order valence-electron chi connectivity index (χ1n) is 5.81. The number of hydrogen-bond acceptors (Lipinski definition) is 3. The Bertz CT molecular complexity index is 266.